The number of rotatable bonds is 12. The number of H-pyrrole nitrogens is 1. The number of ether oxygens (including phenoxy) is 2. The zero-order chi connectivity index (χ0) is 29.0. The molecule has 18 heteroatoms. The van der Waals surface area contributed by atoms with Crippen molar-refractivity contribution in [2.75, 3.05) is 19.1 Å². The van der Waals surface area contributed by atoms with Gasteiger partial charge in [-0.3, -0.25) is 29.3 Å². The molecule has 1 aliphatic heterocycles. The molecule has 1 N–H and O–H groups in total. The SMILES string of the molecule is CC(=O)O[C@H]1C[C@H](n2cc(C)c(=O)[nH]c2=O)O[C@@H]1COP(=O)([O-])CP(=O)([O-])OCCc1ccc([N+](=O)[O-])cc1. The number of benzene rings is 1. The predicted octanol–water partition coefficient (Wildman–Crippen LogP) is 0.313. The smallest absolute Gasteiger partial charge is 0.330 e. The van der Waals surface area contributed by atoms with Gasteiger partial charge in [-0.1, -0.05) is 12.1 Å². The molecule has 5 atom stereocenters. The summed E-state index contributed by atoms with van der Waals surface area (Å²) in [5, 5.41) is 10.7. The van der Waals surface area contributed by atoms with E-state index in [0.717, 1.165) is 11.5 Å². The summed E-state index contributed by atoms with van der Waals surface area (Å²) < 4.78 is 46.0. The second-order valence-corrected chi connectivity index (χ2v) is 12.7. The van der Waals surface area contributed by atoms with Crippen LogP contribution in [-0.2, 0) is 38.9 Å². The van der Waals surface area contributed by atoms with Crippen molar-refractivity contribution in [2.45, 2.75) is 45.1 Å². The van der Waals surface area contributed by atoms with E-state index in [2.05, 4.69) is 4.98 Å². The third-order valence-electron chi connectivity index (χ3n) is 5.56. The van der Waals surface area contributed by atoms with Crippen LogP contribution in [-0.4, -0.2) is 51.8 Å². The molecule has 1 fully saturated rings. The molecule has 2 aromatic rings. The van der Waals surface area contributed by atoms with E-state index < -0.39 is 74.9 Å². The van der Waals surface area contributed by atoms with Gasteiger partial charge in [-0.2, -0.15) is 0 Å². The zero-order valence-corrected chi connectivity index (χ0v) is 22.5. The highest BCUT2D eigenvalue weighted by atomic mass is 31.2. The number of nitro benzene ring substituents is 1. The van der Waals surface area contributed by atoms with Gasteiger partial charge in [0.25, 0.3) is 11.2 Å². The number of aryl methyl sites for hydroxylation is 1. The summed E-state index contributed by atoms with van der Waals surface area (Å²) >= 11 is 0. The second kappa shape index (κ2) is 12.5. The Bertz CT molecular complexity index is 1420. The van der Waals surface area contributed by atoms with Crippen LogP contribution in [0.25, 0.3) is 0 Å². The Kier molecular flexibility index (Phi) is 9.78. The van der Waals surface area contributed by atoms with Crippen LogP contribution in [0.5, 0.6) is 0 Å². The summed E-state index contributed by atoms with van der Waals surface area (Å²) in [4.78, 5) is 72.2. The molecule has 1 aliphatic rings. The van der Waals surface area contributed by atoms with Crippen LogP contribution in [0.2, 0.25) is 0 Å². The molecule has 0 spiro atoms. The highest BCUT2D eigenvalue weighted by Gasteiger charge is 2.40. The molecule has 1 saturated heterocycles. The highest BCUT2D eigenvalue weighted by molar-refractivity contribution is 7.69. The third-order valence-corrected chi connectivity index (χ3v) is 9.45. The standard InChI is InChI=1S/C21H27N3O13P2/c1-13-10-23(21(27)22-20(13)26)19-9-17(36-14(2)25)18(37-19)11-35-39(32,33)12-38(30,31)34-8-7-15-3-5-16(6-4-15)24(28)29/h3-6,10,17-19H,7-9,11-12H2,1-2H3,(H,30,31)(H,32,33)(H,22,26,27)/p-2/t17-,18+,19+/m0/s1. The fourth-order valence-electron chi connectivity index (χ4n) is 3.73. The van der Waals surface area contributed by atoms with Gasteiger partial charge in [0, 0.05) is 37.2 Å². The molecule has 0 radical (unpaired) electrons. The number of non-ortho nitro benzene ring substituents is 1. The fraction of sp³-hybridized carbons (Fsp3) is 0.476. The number of aromatic nitrogens is 2. The van der Waals surface area contributed by atoms with Crippen LogP contribution in [0.15, 0.2) is 40.1 Å². The van der Waals surface area contributed by atoms with Crippen molar-refractivity contribution < 1.29 is 47.2 Å². The van der Waals surface area contributed by atoms with Crippen LogP contribution in [0.4, 0.5) is 5.69 Å². The van der Waals surface area contributed by atoms with E-state index in [1.54, 1.807) is 0 Å². The van der Waals surface area contributed by atoms with Crippen molar-refractivity contribution >= 4 is 26.8 Å². The van der Waals surface area contributed by atoms with Crippen LogP contribution < -0.4 is 21.0 Å². The molecule has 0 amide bonds. The topological polar surface area (TPSA) is 232 Å². The molecule has 0 aliphatic carbocycles. The van der Waals surface area contributed by atoms with E-state index in [1.807, 2.05) is 0 Å². The molecular weight excluding hydrogens is 564 g/mol. The van der Waals surface area contributed by atoms with Gasteiger partial charge in [0.15, 0.2) is 0 Å². The van der Waals surface area contributed by atoms with Gasteiger partial charge in [-0.05, 0) is 18.9 Å². The molecule has 3 rings (SSSR count). The van der Waals surface area contributed by atoms with Crippen molar-refractivity contribution in [3.63, 3.8) is 0 Å². The number of nitrogens with zero attached hydrogens (tertiary/aromatic N) is 2. The summed E-state index contributed by atoms with van der Waals surface area (Å²) in [5.41, 5.74) is -0.816. The maximum atomic E-state index is 12.4. The summed E-state index contributed by atoms with van der Waals surface area (Å²) in [6.07, 6.45) is -2.06. The quantitative estimate of drug-likeness (QED) is 0.152. The second-order valence-electron chi connectivity index (χ2n) is 8.66. The van der Waals surface area contributed by atoms with E-state index in [9.17, 15) is 43.4 Å². The minimum atomic E-state index is -5.03. The Morgan fingerprint density at radius 2 is 1.82 bits per heavy atom. The monoisotopic (exact) mass is 589 g/mol. The lowest BCUT2D eigenvalue weighted by Crippen LogP contribution is -2.33. The molecule has 2 unspecified atom stereocenters. The maximum absolute atomic E-state index is 12.4. The Morgan fingerprint density at radius 1 is 1.18 bits per heavy atom. The van der Waals surface area contributed by atoms with Crippen molar-refractivity contribution in [1.29, 1.82) is 0 Å². The molecule has 2 heterocycles. The number of hydrogen-bond donors (Lipinski definition) is 1. The molecular formula is C21H25N3O13P2-2. The third kappa shape index (κ3) is 8.77. The lowest BCUT2D eigenvalue weighted by atomic mass is 10.1. The first-order valence-electron chi connectivity index (χ1n) is 11.4. The zero-order valence-electron chi connectivity index (χ0n) is 20.8. The average Bonchev–Trinajstić information content (AvgIpc) is 3.21. The van der Waals surface area contributed by atoms with Gasteiger partial charge >= 0.3 is 11.7 Å². The number of nitro groups is 1. The predicted molar refractivity (Wildman–Crippen MR) is 129 cm³/mol. The average molecular weight is 589 g/mol. The first-order chi connectivity index (χ1) is 18.2. The Morgan fingerprint density at radius 3 is 2.44 bits per heavy atom. The van der Waals surface area contributed by atoms with Gasteiger partial charge < -0.3 is 37.4 Å². The Hall–Kier alpha value is -2.97. The van der Waals surface area contributed by atoms with E-state index in [4.69, 9.17) is 18.5 Å². The molecule has 0 saturated carbocycles. The van der Waals surface area contributed by atoms with Crippen LogP contribution in [0.1, 0.15) is 30.7 Å². The molecule has 1 aromatic heterocycles. The molecule has 39 heavy (non-hydrogen) atoms. The Balaban J connectivity index is 1.58. The maximum Gasteiger partial charge on any atom is 0.330 e. The first-order valence-corrected chi connectivity index (χ1v) is 14.9. The number of carbonyl (C=O) groups is 1. The minimum absolute atomic E-state index is 0.0409. The summed E-state index contributed by atoms with van der Waals surface area (Å²) in [5.74, 6) is -2.18. The summed E-state index contributed by atoms with van der Waals surface area (Å²) in [6, 6.07) is 5.30. The van der Waals surface area contributed by atoms with E-state index in [1.165, 1.54) is 37.4 Å². The van der Waals surface area contributed by atoms with Crippen molar-refractivity contribution in [3.8, 4) is 0 Å². The molecule has 0 bridgehead atoms. The number of aromatic amines is 1. The molecule has 214 valence electrons. The van der Waals surface area contributed by atoms with Gasteiger partial charge in [0.1, 0.15) is 33.6 Å². The first kappa shape index (κ1) is 30.6. The van der Waals surface area contributed by atoms with Crippen molar-refractivity contribution in [2.24, 2.45) is 0 Å². The highest BCUT2D eigenvalue weighted by Crippen LogP contribution is 2.53. The minimum Gasteiger partial charge on any atom is -0.778 e. The van der Waals surface area contributed by atoms with Crippen LogP contribution >= 0.6 is 15.2 Å². The van der Waals surface area contributed by atoms with Gasteiger partial charge in [0.2, 0.25) is 0 Å². The summed E-state index contributed by atoms with van der Waals surface area (Å²) in [6.45, 7) is 1.43. The molecule has 1 aromatic carbocycles. The van der Waals surface area contributed by atoms with Gasteiger partial charge in [0.05, 0.1) is 24.0 Å². The van der Waals surface area contributed by atoms with Crippen LogP contribution in [0.3, 0.4) is 0 Å². The lowest BCUT2D eigenvalue weighted by Gasteiger charge is -2.32. The van der Waals surface area contributed by atoms with Crippen molar-refractivity contribution in [1.82, 2.24) is 9.55 Å². The van der Waals surface area contributed by atoms with Crippen LogP contribution in [0, 0.1) is 17.0 Å². The van der Waals surface area contributed by atoms with E-state index >= 15 is 0 Å². The van der Waals surface area contributed by atoms with Gasteiger partial charge in [-0.25, -0.2) is 4.79 Å². The number of carbonyl (C=O) groups excluding carboxylic acids is 1. The number of esters is 1. The lowest BCUT2D eigenvalue weighted by molar-refractivity contribution is -0.384. The molecule has 16 nitrogen and oxygen atoms in total. The fourth-order valence-corrected chi connectivity index (χ4v) is 6.82. The largest absolute Gasteiger partial charge is 0.778 e. The van der Waals surface area contributed by atoms with Crippen molar-refractivity contribution in [3.05, 3.63) is 72.5 Å². The number of nitrogens with one attached hydrogen (secondary N) is 1. The Labute approximate surface area is 220 Å². The number of hydrogen-bond acceptors (Lipinski definition) is 13. The van der Waals surface area contributed by atoms with E-state index in [0.29, 0.717) is 5.56 Å². The van der Waals surface area contributed by atoms with E-state index in [-0.39, 0.29) is 24.1 Å². The normalized spacial score (nSPS) is 22.1. The van der Waals surface area contributed by atoms with Gasteiger partial charge in [-0.15, -0.1) is 0 Å². The summed E-state index contributed by atoms with van der Waals surface area (Å²) in [7, 11) is -9.95.